The molecule has 8 aliphatic heterocycles. The Morgan fingerprint density at radius 1 is 0.450 bits per heavy atom. The Labute approximate surface area is 626 Å². The van der Waals surface area contributed by atoms with E-state index < -0.39 is 361 Å². The maximum absolute atomic E-state index is 14.4. The van der Waals surface area contributed by atoms with Crippen molar-refractivity contribution in [3.05, 3.63) is 0 Å². The van der Waals surface area contributed by atoms with Gasteiger partial charge in [0, 0.05) is 19.4 Å². The highest BCUT2D eigenvalue weighted by Crippen LogP contribution is 2.50. The number of phosphoric ester groups is 1. The van der Waals surface area contributed by atoms with Crippen LogP contribution in [0.25, 0.3) is 0 Å². The van der Waals surface area contributed by atoms with Gasteiger partial charge in [0.25, 0.3) is 11.6 Å². The summed E-state index contributed by atoms with van der Waals surface area (Å²) in [7, 11) is -6.01. The van der Waals surface area contributed by atoms with Gasteiger partial charge in [-0.15, -0.1) is 0 Å². The molecule has 0 aromatic rings. The summed E-state index contributed by atoms with van der Waals surface area (Å²) >= 11 is 0. The number of ether oxygens (including phenoxy) is 15. The van der Waals surface area contributed by atoms with Gasteiger partial charge in [0.2, 0.25) is 0 Å². The quantitative estimate of drug-likeness (QED) is 0.0266. The van der Waals surface area contributed by atoms with Crippen LogP contribution in [0.15, 0.2) is 0 Å². The normalized spacial score (nSPS) is 47.6. The molecule has 8 heterocycles. The second kappa shape index (κ2) is 39.4. The van der Waals surface area contributed by atoms with Crippen LogP contribution in [0.2, 0.25) is 0 Å². The highest BCUT2D eigenvalue weighted by atomic mass is 31.2. The fourth-order valence-corrected chi connectivity index (χ4v) is 14.4. The number of nitrogens with two attached hydrogens (primary N) is 5. The third kappa shape index (κ3) is 20.6. The van der Waals surface area contributed by atoms with Gasteiger partial charge >= 0.3 is 19.8 Å². The lowest BCUT2D eigenvalue weighted by Gasteiger charge is -2.53. The molecule has 8 aliphatic rings. The van der Waals surface area contributed by atoms with Crippen LogP contribution in [0.5, 0.6) is 0 Å². The van der Waals surface area contributed by atoms with Crippen molar-refractivity contribution in [1.29, 1.82) is 0 Å². The molecule has 0 bridgehead atoms. The molecule has 45 atom stereocenters. The van der Waals surface area contributed by atoms with Crippen LogP contribution in [-0.4, -0.2) is 478 Å². The lowest BCUT2D eigenvalue weighted by Crippen LogP contribution is -2.71. The number of carbonyl (C=O) groups is 2. The minimum absolute atomic E-state index is 0.617. The smallest absolute Gasteiger partial charge is 0.472 e. The summed E-state index contributed by atoms with van der Waals surface area (Å²) < 4.78 is 113. The molecule has 0 aromatic carbocycles. The van der Waals surface area contributed by atoms with E-state index in [9.17, 15) is 152 Å². The average molecular weight is 1650 g/mol. The number of carboxylic acids is 2. The Bertz CT molecular complexity index is 2960. The molecule has 8 saturated heterocycles. The zero-order valence-corrected chi connectivity index (χ0v) is 59.5. The summed E-state index contributed by atoms with van der Waals surface area (Å²) in [6, 6.07) is -6.17. The molecule has 8 rings (SSSR count). The first-order valence-electron chi connectivity index (χ1n) is 34.7. The van der Waals surface area contributed by atoms with E-state index in [1.807, 2.05) is 0 Å². The van der Waals surface area contributed by atoms with Gasteiger partial charge in [0.1, 0.15) is 171 Å². The molecular weight excluding hydrogens is 1550 g/mol. The molecule has 0 aromatic heterocycles. The zero-order chi connectivity index (χ0) is 82.7. The number of hydrogen-bond acceptors (Lipinski definition) is 49. The molecule has 0 radical (unpaired) electrons. The van der Waals surface area contributed by atoms with Crippen molar-refractivity contribution >= 4 is 19.8 Å². The third-order valence-corrected chi connectivity index (χ3v) is 21.1. The minimum Gasteiger partial charge on any atom is -0.477 e. The number of phosphoric acid groups is 1. The predicted molar refractivity (Wildman–Crippen MR) is 341 cm³/mol. The second-order valence-electron chi connectivity index (χ2n) is 27.8. The largest absolute Gasteiger partial charge is 0.477 e. The predicted octanol–water partition coefficient (Wildman–Crippen LogP) is -20.3. The SMILES string of the molecule is C[C@H](O)[C@H](N)[C@@H]1O[C@@](OC[C@H]2O[C@@H](O[C@H]3[C@H](O[C@H]4O[C@H]([C@@H](O)CO)[C@@H](O)[C@H](O)[C@@H]4O[C@H]4O[C@H]([C@@H](O)CO)[C@@H](O)[C@H](O)[C@@H]4O)[C@H](OP(=O)(O)OCCN)[C@@H](O[C@H]4[C@@H]([C@H](O)CO)OC(OC[C@H]5O[C@@H](OC[C@H]6O[C@H](O)[C@H](N)[C@@H](O)[C@@H]6O)[C@H](N)[C@@H](O)[C@@H]5O)(C(=O)O)C[C@H]4O)O[C@@H]3[C@H](O)CO)[C@H](O)[C@@H](O)[C@@H]2O)(C(=O)O)C[C@H](O)[C@@H]1N. The molecule has 648 valence electrons. The second-order valence-corrected chi connectivity index (χ2v) is 29.2. The van der Waals surface area contributed by atoms with Crippen LogP contribution < -0.4 is 28.7 Å². The van der Waals surface area contributed by atoms with Crippen molar-refractivity contribution in [3.8, 4) is 0 Å². The number of hydrogen-bond donors (Lipinski definition) is 32. The van der Waals surface area contributed by atoms with E-state index in [0.717, 1.165) is 6.92 Å². The summed E-state index contributed by atoms with van der Waals surface area (Å²) in [4.78, 5) is 38.3. The van der Waals surface area contributed by atoms with Crippen LogP contribution in [0.3, 0.4) is 0 Å². The van der Waals surface area contributed by atoms with Crippen LogP contribution in [0.1, 0.15) is 19.8 Å². The van der Waals surface area contributed by atoms with Gasteiger partial charge in [-0.1, -0.05) is 0 Å². The first-order chi connectivity index (χ1) is 52.0. The Kier molecular flexibility index (Phi) is 33.3. The van der Waals surface area contributed by atoms with Crippen LogP contribution >= 0.6 is 7.82 Å². The number of aliphatic hydroxyl groups is 24. The van der Waals surface area contributed by atoms with E-state index in [-0.39, 0.29) is 0 Å². The number of carboxylic acid groups (broad SMARTS) is 2. The van der Waals surface area contributed by atoms with Crippen molar-refractivity contribution in [2.75, 3.05) is 59.4 Å². The molecule has 0 saturated carbocycles. The van der Waals surface area contributed by atoms with E-state index in [0.29, 0.717) is 0 Å². The molecule has 0 spiro atoms. The molecule has 0 amide bonds. The fourth-order valence-electron chi connectivity index (χ4n) is 13.5. The maximum atomic E-state index is 14.4. The summed E-state index contributed by atoms with van der Waals surface area (Å²) in [5.74, 6) is -10.6. The highest BCUT2D eigenvalue weighted by Gasteiger charge is 2.64. The molecule has 2 unspecified atom stereocenters. The Hall–Kier alpha value is -2.71. The van der Waals surface area contributed by atoms with E-state index in [4.69, 9.17) is 109 Å². The van der Waals surface area contributed by atoms with Gasteiger partial charge in [0.05, 0.1) is 101 Å². The summed E-state index contributed by atoms with van der Waals surface area (Å²) in [5, 5.41) is 287. The maximum Gasteiger partial charge on any atom is 0.472 e. The molecule has 37 N–H and O–H groups in total. The zero-order valence-electron chi connectivity index (χ0n) is 58.6. The topological polar surface area (TPSA) is 884 Å². The Morgan fingerprint density at radius 3 is 1.40 bits per heavy atom. The first kappa shape index (κ1) is 93.8. The summed E-state index contributed by atoms with van der Waals surface area (Å²) in [6.07, 6.45) is -91.3. The summed E-state index contributed by atoms with van der Waals surface area (Å²) in [5.41, 5.74) is 29.5. The van der Waals surface area contributed by atoms with Gasteiger partial charge in [-0.3, -0.25) is 9.05 Å². The molecular formula is C58H104N5O47P. The Balaban J connectivity index is 1.22. The van der Waals surface area contributed by atoms with E-state index in [2.05, 4.69) is 0 Å². The van der Waals surface area contributed by atoms with Crippen molar-refractivity contribution in [2.45, 2.75) is 289 Å². The summed E-state index contributed by atoms with van der Waals surface area (Å²) in [6.45, 7) is -9.36. The van der Waals surface area contributed by atoms with E-state index in [1.54, 1.807) is 0 Å². The molecule has 8 fully saturated rings. The monoisotopic (exact) mass is 1650 g/mol. The average Bonchev–Trinajstić information content (AvgIpc) is 0.749. The van der Waals surface area contributed by atoms with Gasteiger partial charge in [-0.25, -0.2) is 14.2 Å². The van der Waals surface area contributed by atoms with E-state index in [1.165, 1.54) is 0 Å². The highest BCUT2D eigenvalue weighted by molar-refractivity contribution is 7.47. The first-order valence-corrected chi connectivity index (χ1v) is 36.2. The van der Waals surface area contributed by atoms with E-state index >= 15 is 0 Å². The third-order valence-electron chi connectivity index (χ3n) is 20.1. The van der Waals surface area contributed by atoms with Gasteiger partial charge in [-0.05, 0) is 6.92 Å². The van der Waals surface area contributed by atoms with Crippen molar-refractivity contribution in [3.63, 3.8) is 0 Å². The standard InChI is InChI=1S/C58H104N5O47P/c1-13(68)23(60)44-24(61)14(69)4-57(109-44,55(88)89)95-12-22-29(77)32(80)37(85)51(100-22)106-46-42(18(73)8-66)104-54(48(110-111(92,93)97-3-2-59)47(46)107-53-45(36(84)35(83)40(102-53)17(72)7-65)105-52-38(86)33(81)34(82)39(101-52)16(71)6-64)103-41-15(70)5-58(56(90)91,108-43(41)19(74)9-67)96-11-21-28(76)31(79)26(63)50(99-21)94-10-20-27(75)30(78)25(62)49(87)98-20/h13-54,64-87H,2-12,59-63H2,1H3,(H,88,89)(H,90,91)(H,92,93)/t13-,14-,15+,16-,17-,18+,19+,20+,21+,22+,23-,24-,25+,26+,27+,28+,29+,30+,31+,32-,33-,34-,35-,36-,37+,38-,39+,40+,41+,42+,43+,44-,45-,46+,47-,48-,49-,50+,51-,52+,53+,54-,57+,58?/m0/s1. The van der Waals surface area contributed by atoms with Crippen molar-refractivity contribution in [1.82, 2.24) is 0 Å². The lowest BCUT2D eigenvalue weighted by atomic mass is 9.88. The number of aliphatic carboxylic acids is 2. The van der Waals surface area contributed by atoms with Crippen LogP contribution in [0.4, 0.5) is 0 Å². The molecule has 111 heavy (non-hydrogen) atoms. The molecule has 52 nitrogen and oxygen atoms in total. The van der Waals surface area contributed by atoms with Crippen molar-refractivity contribution in [2.24, 2.45) is 28.7 Å². The molecule has 53 heteroatoms. The molecule has 0 aliphatic carbocycles. The van der Waals surface area contributed by atoms with Crippen molar-refractivity contribution < 1.29 is 232 Å². The van der Waals surface area contributed by atoms with Gasteiger partial charge in [0.15, 0.2) is 37.7 Å². The fraction of sp³-hybridized carbons (Fsp3) is 0.966. The number of rotatable bonds is 34. The Morgan fingerprint density at radius 2 is 0.865 bits per heavy atom. The number of aliphatic hydroxyl groups excluding tert-OH is 24. The van der Waals surface area contributed by atoms with Gasteiger partial charge < -0.3 is 237 Å². The van der Waals surface area contributed by atoms with Crippen LogP contribution in [-0.2, 0) is 94.3 Å². The van der Waals surface area contributed by atoms with Crippen LogP contribution in [0, 0.1) is 0 Å². The minimum atomic E-state index is -6.01. The van der Waals surface area contributed by atoms with Gasteiger partial charge in [-0.2, -0.15) is 0 Å². The lowest BCUT2D eigenvalue weighted by molar-refractivity contribution is -0.414.